The number of carbonyl (C=O) groups excluding carboxylic acids is 1. The van der Waals surface area contributed by atoms with E-state index in [1.165, 1.54) is 0 Å². The largest absolute Gasteiger partial charge is 0.427 e. The number of aryl methyl sites for hydroxylation is 2. The van der Waals surface area contributed by atoms with Crippen LogP contribution in [-0.2, 0) is 13.6 Å². The van der Waals surface area contributed by atoms with Gasteiger partial charge in [-0.05, 0) is 43.9 Å². The van der Waals surface area contributed by atoms with Crippen LogP contribution < -0.4 is 10.9 Å². The van der Waals surface area contributed by atoms with Gasteiger partial charge in [0, 0.05) is 44.4 Å². The summed E-state index contributed by atoms with van der Waals surface area (Å²) in [7, 11) is 1.84. The highest BCUT2D eigenvalue weighted by atomic mass is 16.4. The second-order valence-corrected chi connectivity index (χ2v) is 8.14. The zero-order valence-electron chi connectivity index (χ0n) is 17.2. The summed E-state index contributed by atoms with van der Waals surface area (Å²) in [5.41, 5.74) is 1.22. The van der Waals surface area contributed by atoms with E-state index in [-0.39, 0.29) is 23.3 Å². The molecule has 0 saturated carbocycles. The predicted octanol–water partition coefficient (Wildman–Crippen LogP) is 2.45. The SMILES string of the molecule is Cc1cc(C2CCCNC2)oc(=O)c1C(=O)N(Cc1cnn(C)c1)CC(C)C. The van der Waals surface area contributed by atoms with E-state index in [9.17, 15) is 9.59 Å². The second kappa shape index (κ2) is 8.73. The zero-order chi connectivity index (χ0) is 20.3. The van der Waals surface area contributed by atoms with Crippen LogP contribution >= 0.6 is 0 Å². The first-order valence-corrected chi connectivity index (χ1v) is 9.97. The number of hydrogen-bond acceptors (Lipinski definition) is 5. The molecule has 1 fully saturated rings. The van der Waals surface area contributed by atoms with Gasteiger partial charge in [-0.15, -0.1) is 0 Å². The summed E-state index contributed by atoms with van der Waals surface area (Å²) in [6.45, 7) is 8.70. The van der Waals surface area contributed by atoms with Gasteiger partial charge in [0.1, 0.15) is 11.3 Å². The summed E-state index contributed by atoms with van der Waals surface area (Å²) in [4.78, 5) is 27.7. The highest BCUT2D eigenvalue weighted by Gasteiger charge is 2.26. The lowest BCUT2D eigenvalue weighted by Gasteiger charge is -2.25. The van der Waals surface area contributed by atoms with Gasteiger partial charge in [0.05, 0.1) is 6.20 Å². The molecule has 1 unspecified atom stereocenters. The molecule has 1 saturated heterocycles. The number of piperidine rings is 1. The van der Waals surface area contributed by atoms with Crippen molar-refractivity contribution in [3.8, 4) is 0 Å². The number of nitrogens with zero attached hydrogens (tertiary/aromatic N) is 3. The van der Waals surface area contributed by atoms with Crippen LogP contribution in [0, 0.1) is 12.8 Å². The number of aromatic nitrogens is 2. The van der Waals surface area contributed by atoms with Crippen LogP contribution in [0.25, 0.3) is 0 Å². The molecule has 1 amide bonds. The molecule has 0 radical (unpaired) electrons. The minimum atomic E-state index is -0.537. The van der Waals surface area contributed by atoms with Crippen molar-refractivity contribution >= 4 is 5.91 Å². The standard InChI is InChI=1S/C21H30N4O3/c1-14(2)11-25(13-16-9-23-24(4)12-16)20(26)19-15(3)8-18(28-21(19)27)17-6-5-7-22-10-17/h8-9,12,14,17,22H,5-7,10-11,13H2,1-4H3. The van der Waals surface area contributed by atoms with Crippen molar-refractivity contribution in [1.29, 1.82) is 0 Å². The van der Waals surface area contributed by atoms with Gasteiger partial charge in [0.15, 0.2) is 0 Å². The van der Waals surface area contributed by atoms with Crippen LogP contribution in [-0.4, -0.2) is 40.2 Å². The quantitative estimate of drug-likeness (QED) is 0.825. The number of carbonyl (C=O) groups is 1. The molecule has 2 aromatic rings. The van der Waals surface area contributed by atoms with Crippen LogP contribution in [0.5, 0.6) is 0 Å². The molecule has 1 aliphatic heterocycles. The maximum atomic E-state index is 13.2. The van der Waals surface area contributed by atoms with E-state index in [2.05, 4.69) is 24.3 Å². The van der Waals surface area contributed by atoms with E-state index >= 15 is 0 Å². The molecule has 0 bridgehead atoms. The van der Waals surface area contributed by atoms with Gasteiger partial charge >= 0.3 is 5.63 Å². The summed E-state index contributed by atoms with van der Waals surface area (Å²) in [6.07, 6.45) is 5.68. The molecular formula is C21H30N4O3. The van der Waals surface area contributed by atoms with Crippen molar-refractivity contribution in [2.75, 3.05) is 19.6 Å². The van der Waals surface area contributed by atoms with Gasteiger partial charge in [0.25, 0.3) is 5.91 Å². The van der Waals surface area contributed by atoms with Crippen molar-refractivity contribution in [2.45, 2.75) is 46.1 Å². The van der Waals surface area contributed by atoms with E-state index in [1.807, 2.05) is 26.2 Å². The molecule has 0 aromatic carbocycles. The highest BCUT2D eigenvalue weighted by molar-refractivity contribution is 5.95. The Morgan fingerprint density at radius 2 is 2.25 bits per heavy atom. The first-order valence-electron chi connectivity index (χ1n) is 9.97. The monoisotopic (exact) mass is 386 g/mol. The maximum absolute atomic E-state index is 13.2. The fourth-order valence-electron chi connectivity index (χ4n) is 3.78. The second-order valence-electron chi connectivity index (χ2n) is 8.14. The zero-order valence-corrected chi connectivity index (χ0v) is 17.2. The lowest BCUT2D eigenvalue weighted by atomic mass is 9.95. The Bertz CT molecular complexity index is 878. The third kappa shape index (κ3) is 4.70. The van der Waals surface area contributed by atoms with E-state index in [0.717, 1.165) is 31.5 Å². The molecule has 0 aliphatic carbocycles. The molecule has 3 heterocycles. The van der Waals surface area contributed by atoms with Gasteiger partial charge in [-0.3, -0.25) is 9.48 Å². The molecule has 1 N–H and O–H groups in total. The fraction of sp³-hybridized carbons (Fsp3) is 0.571. The van der Waals surface area contributed by atoms with E-state index < -0.39 is 5.63 Å². The van der Waals surface area contributed by atoms with E-state index in [0.29, 0.717) is 24.4 Å². The molecule has 1 atom stereocenters. The summed E-state index contributed by atoms with van der Waals surface area (Å²) >= 11 is 0. The minimum Gasteiger partial charge on any atom is -0.427 e. The van der Waals surface area contributed by atoms with Crippen LogP contribution in [0.3, 0.4) is 0 Å². The molecule has 1 aliphatic rings. The molecule has 0 spiro atoms. The molecule has 28 heavy (non-hydrogen) atoms. The predicted molar refractivity (Wildman–Crippen MR) is 107 cm³/mol. The fourth-order valence-corrected chi connectivity index (χ4v) is 3.78. The van der Waals surface area contributed by atoms with Crippen LogP contribution in [0.15, 0.2) is 27.7 Å². The normalized spacial score (nSPS) is 17.1. The van der Waals surface area contributed by atoms with Gasteiger partial charge in [-0.2, -0.15) is 5.10 Å². The topological polar surface area (TPSA) is 80.4 Å². The number of hydrogen-bond donors (Lipinski definition) is 1. The summed E-state index contributed by atoms with van der Waals surface area (Å²) in [6, 6.07) is 1.87. The van der Waals surface area contributed by atoms with Gasteiger partial charge in [-0.25, -0.2) is 4.79 Å². The van der Waals surface area contributed by atoms with E-state index in [1.54, 1.807) is 15.8 Å². The van der Waals surface area contributed by atoms with Crippen molar-refractivity contribution in [3.05, 3.63) is 51.3 Å². The number of nitrogens with one attached hydrogen (secondary N) is 1. The Labute approximate surface area is 165 Å². The maximum Gasteiger partial charge on any atom is 0.349 e. The summed E-state index contributed by atoms with van der Waals surface area (Å²) in [5, 5.41) is 7.51. The number of amides is 1. The average Bonchev–Trinajstić information content (AvgIpc) is 3.05. The van der Waals surface area contributed by atoms with Crippen LogP contribution in [0.1, 0.15) is 59.9 Å². The smallest absolute Gasteiger partial charge is 0.349 e. The molecule has 7 nitrogen and oxygen atoms in total. The highest BCUT2D eigenvalue weighted by Crippen LogP contribution is 2.24. The third-order valence-electron chi connectivity index (χ3n) is 5.09. The van der Waals surface area contributed by atoms with Gasteiger partial charge in [-0.1, -0.05) is 13.8 Å². The first-order chi connectivity index (χ1) is 13.3. The minimum absolute atomic E-state index is 0.136. The van der Waals surface area contributed by atoms with E-state index in [4.69, 9.17) is 4.42 Å². The molecule has 152 valence electrons. The Morgan fingerprint density at radius 1 is 1.46 bits per heavy atom. The van der Waals surface area contributed by atoms with Crippen molar-refractivity contribution in [3.63, 3.8) is 0 Å². The Morgan fingerprint density at radius 3 is 2.82 bits per heavy atom. The lowest BCUT2D eigenvalue weighted by Crippen LogP contribution is -2.37. The third-order valence-corrected chi connectivity index (χ3v) is 5.09. The van der Waals surface area contributed by atoms with Gasteiger partial charge < -0.3 is 14.6 Å². The number of rotatable bonds is 6. The molecule has 3 rings (SSSR count). The molecule has 7 heteroatoms. The first kappa shape index (κ1) is 20.3. The Hall–Kier alpha value is -2.41. The Balaban J connectivity index is 1.88. The summed E-state index contributed by atoms with van der Waals surface area (Å²) < 4.78 is 7.31. The van der Waals surface area contributed by atoms with Crippen LogP contribution in [0.2, 0.25) is 0 Å². The summed E-state index contributed by atoms with van der Waals surface area (Å²) in [5.74, 6) is 0.859. The molecular weight excluding hydrogens is 356 g/mol. The van der Waals surface area contributed by atoms with Crippen molar-refractivity contribution < 1.29 is 9.21 Å². The Kier molecular flexibility index (Phi) is 6.34. The van der Waals surface area contributed by atoms with Crippen molar-refractivity contribution in [2.24, 2.45) is 13.0 Å². The molecule has 2 aromatic heterocycles. The van der Waals surface area contributed by atoms with Crippen molar-refractivity contribution in [1.82, 2.24) is 20.0 Å². The lowest BCUT2D eigenvalue weighted by molar-refractivity contribution is 0.0716. The average molecular weight is 386 g/mol. The van der Waals surface area contributed by atoms with Crippen LogP contribution in [0.4, 0.5) is 0 Å². The van der Waals surface area contributed by atoms with Gasteiger partial charge in [0.2, 0.25) is 0 Å².